The molecule has 0 aliphatic carbocycles. The molecule has 3 aromatic carbocycles. The van der Waals surface area contributed by atoms with Crippen LogP contribution in [-0.4, -0.2) is 11.2 Å². The van der Waals surface area contributed by atoms with Crippen molar-refractivity contribution in [3.63, 3.8) is 0 Å². The first-order valence-corrected chi connectivity index (χ1v) is 8.33. The fraction of sp³-hybridized carbons (Fsp3) is 0.105. The second-order valence-electron chi connectivity index (χ2n) is 5.35. The van der Waals surface area contributed by atoms with Crippen LogP contribution in [0.15, 0.2) is 65.6 Å². The number of rotatable bonds is 4. The SMILES string of the molecule is C[C@H](Sc1ccc(F)c(F)c1)C(=O)Nc1cccc2ccccc12. The fourth-order valence-electron chi connectivity index (χ4n) is 2.38. The van der Waals surface area contributed by atoms with E-state index >= 15 is 0 Å². The molecule has 0 aromatic heterocycles. The molecule has 0 unspecified atom stereocenters. The molecule has 0 saturated heterocycles. The minimum Gasteiger partial charge on any atom is -0.325 e. The number of amides is 1. The second kappa shape index (κ2) is 7.01. The maximum absolute atomic E-state index is 13.3. The molecule has 1 amide bonds. The molecule has 3 aromatic rings. The minimum atomic E-state index is -0.915. The van der Waals surface area contributed by atoms with Crippen LogP contribution >= 0.6 is 11.8 Å². The average molecular weight is 343 g/mol. The molecule has 0 aliphatic heterocycles. The second-order valence-corrected chi connectivity index (χ2v) is 6.77. The summed E-state index contributed by atoms with van der Waals surface area (Å²) < 4.78 is 26.2. The van der Waals surface area contributed by atoms with Crippen molar-refractivity contribution in [1.82, 2.24) is 0 Å². The van der Waals surface area contributed by atoms with Crippen molar-refractivity contribution in [1.29, 1.82) is 0 Å². The van der Waals surface area contributed by atoms with Gasteiger partial charge in [-0.3, -0.25) is 4.79 Å². The Morgan fingerprint density at radius 1 is 1.00 bits per heavy atom. The lowest BCUT2D eigenvalue weighted by Gasteiger charge is -2.13. The van der Waals surface area contributed by atoms with Gasteiger partial charge in [-0.15, -0.1) is 11.8 Å². The Bertz CT molecular complexity index is 892. The van der Waals surface area contributed by atoms with Crippen LogP contribution in [0.2, 0.25) is 0 Å². The van der Waals surface area contributed by atoms with E-state index in [2.05, 4.69) is 5.32 Å². The van der Waals surface area contributed by atoms with Crippen molar-refractivity contribution in [2.24, 2.45) is 0 Å². The third-order valence-corrected chi connectivity index (χ3v) is 4.71. The predicted molar refractivity (Wildman–Crippen MR) is 94.3 cm³/mol. The molecule has 2 nitrogen and oxygen atoms in total. The zero-order chi connectivity index (χ0) is 17.1. The number of hydrogen-bond donors (Lipinski definition) is 1. The number of benzene rings is 3. The average Bonchev–Trinajstić information content (AvgIpc) is 2.58. The molecule has 0 aliphatic rings. The smallest absolute Gasteiger partial charge is 0.237 e. The van der Waals surface area contributed by atoms with Gasteiger partial charge in [0.25, 0.3) is 0 Å². The van der Waals surface area contributed by atoms with Crippen LogP contribution in [0.25, 0.3) is 10.8 Å². The summed E-state index contributed by atoms with van der Waals surface area (Å²) in [4.78, 5) is 12.9. The largest absolute Gasteiger partial charge is 0.325 e. The van der Waals surface area contributed by atoms with Crippen LogP contribution in [0.3, 0.4) is 0 Å². The first-order chi connectivity index (χ1) is 11.5. The number of fused-ring (bicyclic) bond motifs is 1. The van der Waals surface area contributed by atoms with E-state index < -0.39 is 16.9 Å². The normalized spacial score (nSPS) is 12.1. The van der Waals surface area contributed by atoms with E-state index in [0.29, 0.717) is 4.90 Å². The van der Waals surface area contributed by atoms with Gasteiger partial charge in [-0.05, 0) is 36.6 Å². The zero-order valence-electron chi connectivity index (χ0n) is 12.9. The van der Waals surface area contributed by atoms with E-state index in [9.17, 15) is 13.6 Å². The summed E-state index contributed by atoms with van der Waals surface area (Å²) >= 11 is 1.18. The van der Waals surface area contributed by atoms with Gasteiger partial charge < -0.3 is 5.32 Å². The maximum Gasteiger partial charge on any atom is 0.237 e. The Morgan fingerprint density at radius 3 is 2.54 bits per heavy atom. The van der Waals surface area contributed by atoms with E-state index in [0.717, 1.165) is 28.6 Å². The summed E-state index contributed by atoms with van der Waals surface area (Å²) in [6.45, 7) is 1.73. The quantitative estimate of drug-likeness (QED) is 0.657. The summed E-state index contributed by atoms with van der Waals surface area (Å²) in [6.07, 6.45) is 0. The Hall–Kier alpha value is -2.40. The lowest BCUT2D eigenvalue weighted by atomic mass is 10.1. The van der Waals surface area contributed by atoms with Crippen LogP contribution in [0.4, 0.5) is 14.5 Å². The summed E-state index contributed by atoms with van der Waals surface area (Å²) in [5, 5.41) is 4.45. The van der Waals surface area contributed by atoms with Gasteiger partial charge in [0, 0.05) is 16.0 Å². The highest BCUT2D eigenvalue weighted by atomic mass is 32.2. The Balaban J connectivity index is 1.75. The Kier molecular flexibility index (Phi) is 4.81. The molecule has 0 bridgehead atoms. The molecule has 1 N–H and O–H groups in total. The van der Waals surface area contributed by atoms with Crippen molar-refractivity contribution in [3.8, 4) is 0 Å². The zero-order valence-corrected chi connectivity index (χ0v) is 13.7. The first kappa shape index (κ1) is 16.5. The standard InChI is InChI=1S/C19H15F2NOS/c1-12(24-14-9-10-16(20)17(21)11-14)19(23)22-18-8-4-6-13-5-2-3-7-15(13)18/h2-12H,1H3,(H,22,23)/t12-/m0/s1. The van der Waals surface area contributed by atoms with E-state index in [1.54, 1.807) is 6.92 Å². The van der Waals surface area contributed by atoms with E-state index in [-0.39, 0.29) is 5.91 Å². The van der Waals surface area contributed by atoms with E-state index in [1.807, 2.05) is 42.5 Å². The van der Waals surface area contributed by atoms with Gasteiger partial charge in [-0.1, -0.05) is 36.4 Å². The van der Waals surface area contributed by atoms with Gasteiger partial charge in [-0.2, -0.15) is 0 Å². The van der Waals surface area contributed by atoms with Gasteiger partial charge in [0.1, 0.15) is 0 Å². The third-order valence-electron chi connectivity index (χ3n) is 3.62. The number of thioether (sulfide) groups is 1. The summed E-state index contributed by atoms with van der Waals surface area (Å²) in [5.74, 6) is -2.00. The van der Waals surface area contributed by atoms with Gasteiger partial charge >= 0.3 is 0 Å². The molecule has 24 heavy (non-hydrogen) atoms. The molecule has 0 saturated carbocycles. The molecule has 122 valence electrons. The van der Waals surface area contributed by atoms with Crippen molar-refractivity contribution in [2.75, 3.05) is 5.32 Å². The first-order valence-electron chi connectivity index (χ1n) is 7.45. The molecular formula is C19H15F2NOS. The third kappa shape index (κ3) is 3.57. The monoisotopic (exact) mass is 343 g/mol. The summed E-state index contributed by atoms with van der Waals surface area (Å²) in [6, 6.07) is 17.1. The lowest BCUT2D eigenvalue weighted by molar-refractivity contribution is -0.115. The van der Waals surface area contributed by atoms with Gasteiger partial charge in [-0.25, -0.2) is 8.78 Å². The van der Waals surface area contributed by atoms with Gasteiger partial charge in [0.05, 0.1) is 5.25 Å². The Morgan fingerprint density at radius 2 is 1.75 bits per heavy atom. The molecule has 3 rings (SSSR count). The fourth-order valence-corrected chi connectivity index (χ4v) is 3.27. The number of halogens is 2. The Labute approximate surface area is 142 Å². The molecule has 0 spiro atoms. The minimum absolute atomic E-state index is 0.193. The lowest BCUT2D eigenvalue weighted by Crippen LogP contribution is -2.22. The molecule has 0 heterocycles. The topological polar surface area (TPSA) is 29.1 Å². The van der Waals surface area contributed by atoms with Crippen LogP contribution in [0, 0.1) is 11.6 Å². The number of hydrogen-bond acceptors (Lipinski definition) is 2. The van der Waals surface area contributed by atoms with E-state index in [4.69, 9.17) is 0 Å². The molecule has 5 heteroatoms. The highest BCUT2D eigenvalue weighted by Crippen LogP contribution is 2.27. The van der Waals surface area contributed by atoms with Crippen molar-refractivity contribution < 1.29 is 13.6 Å². The molecule has 1 atom stereocenters. The van der Waals surface area contributed by atoms with Crippen molar-refractivity contribution in [3.05, 3.63) is 72.3 Å². The highest BCUT2D eigenvalue weighted by molar-refractivity contribution is 8.00. The summed E-state index contributed by atoms with van der Waals surface area (Å²) in [7, 11) is 0. The highest BCUT2D eigenvalue weighted by Gasteiger charge is 2.16. The number of carbonyl (C=O) groups is 1. The van der Waals surface area contributed by atoms with Crippen molar-refractivity contribution >= 4 is 34.1 Å². The summed E-state index contributed by atoms with van der Waals surface area (Å²) in [5.41, 5.74) is 0.732. The maximum atomic E-state index is 13.3. The van der Waals surface area contributed by atoms with Gasteiger partial charge in [0.2, 0.25) is 5.91 Å². The van der Waals surface area contributed by atoms with Crippen LogP contribution in [-0.2, 0) is 4.79 Å². The van der Waals surface area contributed by atoms with Crippen molar-refractivity contribution in [2.45, 2.75) is 17.1 Å². The van der Waals surface area contributed by atoms with Crippen LogP contribution in [0.5, 0.6) is 0 Å². The number of anilines is 1. The van der Waals surface area contributed by atoms with Crippen LogP contribution < -0.4 is 5.32 Å². The number of carbonyl (C=O) groups excluding carboxylic acids is 1. The van der Waals surface area contributed by atoms with E-state index in [1.165, 1.54) is 17.8 Å². The molecule has 0 radical (unpaired) electrons. The number of nitrogens with one attached hydrogen (secondary N) is 1. The molecule has 0 fully saturated rings. The van der Waals surface area contributed by atoms with Crippen LogP contribution in [0.1, 0.15) is 6.92 Å². The molecular weight excluding hydrogens is 328 g/mol. The predicted octanol–water partition coefficient (Wildman–Crippen LogP) is 5.24. The van der Waals surface area contributed by atoms with Gasteiger partial charge in [0.15, 0.2) is 11.6 Å².